The second kappa shape index (κ2) is 48.4. The van der Waals surface area contributed by atoms with Crippen LogP contribution in [0.5, 0.6) is 5.75 Å². The number of hydrogen-bond acceptors (Lipinski definition) is 26. The molecule has 0 spiro atoms. The number of nitrogens with one attached hydrogen (secondary N) is 11. The molecule has 2 saturated heterocycles. The zero-order valence-corrected chi connectivity index (χ0v) is 74.5. The van der Waals surface area contributed by atoms with Crippen molar-refractivity contribution in [3.05, 3.63) is 108 Å². The van der Waals surface area contributed by atoms with E-state index in [4.69, 9.17) is 17.2 Å². The number of carbonyl (C=O) groups excluding carboxylic acids is 16. The highest BCUT2D eigenvalue weighted by Crippen LogP contribution is 2.32. The molecule has 714 valence electrons. The number of phenolic OH excluding ortho intramolecular Hbond substituents is 1. The number of primary amides is 2. The van der Waals surface area contributed by atoms with E-state index in [0.717, 1.165) is 19.6 Å². The van der Waals surface area contributed by atoms with Crippen LogP contribution in [-0.2, 0) is 106 Å². The van der Waals surface area contributed by atoms with E-state index in [0.29, 0.717) is 69.5 Å². The van der Waals surface area contributed by atoms with Crippen molar-refractivity contribution in [3.8, 4) is 5.75 Å². The van der Waals surface area contributed by atoms with Crippen molar-refractivity contribution < 1.29 is 112 Å². The topological polar surface area (TPSA) is 683 Å². The Morgan fingerprint density at radius 3 is 1.76 bits per heavy atom. The van der Waals surface area contributed by atoms with Gasteiger partial charge in [-0.2, -0.15) is 0 Å². The van der Waals surface area contributed by atoms with E-state index in [2.05, 4.69) is 73.3 Å². The smallest absolute Gasteiger partial charge is 0.303 e. The quantitative estimate of drug-likeness (QED) is 0.0266. The first kappa shape index (κ1) is 102. The summed E-state index contributed by atoms with van der Waals surface area (Å²) in [4.78, 5) is 267. The van der Waals surface area contributed by atoms with Crippen molar-refractivity contribution in [2.75, 3.05) is 58.4 Å². The highest BCUT2D eigenvalue weighted by molar-refractivity contribution is 8.00. The number of tetrazole rings is 1. The summed E-state index contributed by atoms with van der Waals surface area (Å²) in [5.74, 6) is -21.9. The number of aliphatic hydroxyl groups is 2. The molecule has 6 heterocycles. The normalized spacial score (nSPS) is 24.8. The number of carbonyl (C=O) groups is 18. The molecule has 22 N–H and O–H groups in total. The third-order valence-electron chi connectivity index (χ3n) is 23.5. The highest BCUT2D eigenvalue weighted by Gasteiger charge is 2.46. The van der Waals surface area contributed by atoms with Gasteiger partial charge in [-0.15, -0.1) is 16.9 Å². The fraction of sp³-hybridized carbons (Fsp3) is 0.523. The van der Waals surface area contributed by atoms with Crippen LogP contribution in [-0.4, -0.2) is 313 Å². The van der Waals surface area contributed by atoms with Crippen LogP contribution in [0.1, 0.15) is 152 Å². The summed E-state index contributed by atoms with van der Waals surface area (Å²) in [5.41, 5.74) is 19.9. The molecule has 132 heavy (non-hydrogen) atoms. The maximum atomic E-state index is 15.7. The number of H-pyrrole nitrogens is 2. The number of amides is 15. The molecule has 15 amide bonds. The number of para-hydroxylation sites is 2. The number of unbranched alkanes of at least 4 members (excludes halogenated alkanes) is 2. The first-order chi connectivity index (χ1) is 62.9. The van der Waals surface area contributed by atoms with E-state index in [-0.39, 0.29) is 69.5 Å². The average molecular weight is 1860 g/mol. The predicted molar refractivity (Wildman–Crippen MR) is 472 cm³/mol. The zero-order chi connectivity index (χ0) is 96.3. The lowest BCUT2D eigenvalue weighted by atomic mass is 9.90. The number of likely N-dealkylation sites (N-methyl/N-ethyl adjacent to an activating group) is 2. The lowest BCUT2D eigenvalue weighted by Crippen LogP contribution is -2.61. The molecule has 9 rings (SSSR count). The van der Waals surface area contributed by atoms with Gasteiger partial charge in [0.1, 0.15) is 72.2 Å². The van der Waals surface area contributed by atoms with Crippen molar-refractivity contribution in [2.24, 2.45) is 23.1 Å². The van der Waals surface area contributed by atoms with E-state index < -0.39 is 280 Å². The number of ketones is 1. The molecule has 45 nitrogen and oxygen atoms in total. The summed E-state index contributed by atoms with van der Waals surface area (Å²) in [7, 11) is 2.48. The fourth-order valence-corrected chi connectivity index (χ4v) is 17.0. The number of nitrogens with zero attached hydrogens (tertiary/aromatic N) is 8. The molecular weight excluding hydrogens is 1740 g/mol. The molecule has 15 atom stereocenters. The van der Waals surface area contributed by atoms with Crippen LogP contribution in [0.15, 0.2) is 85.2 Å². The summed E-state index contributed by atoms with van der Waals surface area (Å²) in [5, 5.41) is 89.6. The molecule has 0 aliphatic carbocycles. The van der Waals surface area contributed by atoms with Gasteiger partial charge in [0, 0.05) is 118 Å². The number of aromatic nitrogens is 6. The van der Waals surface area contributed by atoms with E-state index in [1.165, 1.54) is 50.0 Å². The van der Waals surface area contributed by atoms with Gasteiger partial charge in [-0.1, -0.05) is 88.1 Å². The number of fused-ring (bicyclic) bond motifs is 5. The van der Waals surface area contributed by atoms with Crippen LogP contribution in [0.3, 0.4) is 0 Å². The molecule has 0 bridgehead atoms. The number of aromatic hydroxyl groups is 1. The van der Waals surface area contributed by atoms with Gasteiger partial charge in [-0.25, -0.2) is 4.68 Å². The number of aliphatic hydroxyl groups excluding tert-OH is 2. The number of benzene rings is 3. The van der Waals surface area contributed by atoms with E-state index in [1.807, 2.05) is 6.92 Å². The number of nitrogens with two attached hydrogens (primary N) is 3. The third kappa shape index (κ3) is 27.6. The van der Waals surface area contributed by atoms with Crippen LogP contribution >= 0.6 is 11.8 Å². The van der Waals surface area contributed by atoms with Crippen LogP contribution in [0.25, 0.3) is 21.8 Å². The Kier molecular flexibility index (Phi) is 37.5. The minimum atomic E-state index is -1.86. The standard InChI is InChI=1S/C86H116N22O23S/c1-6-8-19-64-81(126)94-56(26-28-72(116)117)78(123)100-63(77(122)92-40-70(89)114)43-132-44-71(115)93-59(31-46-22-24-50(110)25-23-46)83(128)104(4)45(3)75(120)97-60(36-69(88)113)85(130)106-30-14-21-65(106)82(127)98-61(37-87)79(124)95-57(27-29-73(118)119)84(129)107-41-51(111)35-67(107)68(112)34-47(32-48-38-90-54-17-12-10-15-52(48)54)76(121)99-62(42-109)80(125)96-58(33-49-39-91-55-18-13-11-16-53(49)55)74-101-102-103-108(74)66(20-9-7-2)86(131)105(64)5/h10-13,15-18,22-25,38-39,45,47,51,56-67,90-91,109-111H,6-9,14,19-21,26-37,40-44,87H2,1-5H3,(H2,88,113)(H2,89,114)(H,92,122)(H,93,115)(H,94,126)(H,95,124)(H,96,125)(H,97,120)(H,98,127)(H,99,121)(H,100,123)(H,116,117)(H,118,119)/t45-,47+,51+,56-,57-,58-,59-,60-,61-,62-,63-,64-,65-,66-,67-/m0/s1. The number of hydrogen-bond donors (Lipinski definition) is 19. The molecule has 0 saturated carbocycles. The highest BCUT2D eigenvalue weighted by atomic mass is 32.2. The average Bonchev–Trinajstić information content (AvgIpc) is 1.65. The van der Waals surface area contributed by atoms with Crippen molar-refractivity contribution in [3.63, 3.8) is 0 Å². The van der Waals surface area contributed by atoms with Crippen LogP contribution < -0.4 is 65.1 Å². The first-order valence-electron chi connectivity index (χ1n) is 43.5. The molecule has 3 aliphatic heterocycles. The summed E-state index contributed by atoms with van der Waals surface area (Å²) in [6, 6.07) is -1.59. The largest absolute Gasteiger partial charge is 0.508 e. The van der Waals surface area contributed by atoms with Gasteiger partial charge in [0.15, 0.2) is 11.6 Å². The molecule has 0 radical (unpaired) electrons. The molecule has 2 fully saturated rings. The van der Waals surface area contributed by atoms with Crippen LogP contribution in [0, 0.1) is 5.92 Å². The second-order valence-electron chi connectivity index (χ2n) is 33.0. The number of carboxylic acids is 2. The summed E-state index contributed by atoms with van der Waals surface area (Å²) < 4.78 is 1.17. The van der Waals surface area contributed by atoms with Crippen molar-refractivity contribution in [2.45, 2.75) is 221 Å². The van der Waals surface area contributed by atoms with Crippen molar-refractivity contribution in [1.29, 1.82) is 0 Å². The van der Waals surface area contributed by atoms with Crippen molar-refractivity contribution >= 4 is 140 Å². The summed E-state index contributed by atoms with van der Waals surface area (Å²) in [6.45, 7) is 1.57. The number of rotatable bonds is 25. The van der Waals surface area contributed by atoms with Gasteiger partial charge in [0.2, 0.25) is 88.6 Å². The monoisotopic (exact) mass is 1860 g/mol. The van der Waals surface area contributed by atoms with E-state index in [1.54, 1.807) is 67.8 Å². The molecule has 3 aromatic heterocycles. The number of aromatic amines is 2. The summed E-state index contributed by atoms with van der Waals surface area (Å²) in [6.07, 6.45) is -2.26. The molecule has 3 aromatic carbocycles. The fourth-order valence-electron chi connectivity index (χ4n) is 16.2. The maximum absolute atomic E-state index is 15.7. The van der Waals surface area contributed by atoms with Gasteiger partial charge < -0.3 is 120 Å². The van der Waals surface area contributed by atoms with Crippen molar-refractivity contribution in [1.82, 2.24) is 97.6 Å². The number of carboxylic acid groups (broad SMARTS) is 2. The molecule has 0 unspecified atom stereocenters. The number of thioether (sulfide) groups is 1. The lowest BCUT2D eigenvalue weighted by Gasteiger charge is -2.32. The maximum Gasteiger partial charge on any atom is 0.303 e. The predicted octanol–water partition coefficient (Wildman–Crippen LogP) is -3.35. The van der Waals surface area contributed by atoms with Crippen LogP contribution in [0.4, 0.5) is 0 Å². The number of Topliss-reactive ketones (excluding diaryl/α,β-unsaturated/α-hetero) is 1. The Balaban J connectivity index is 1.10. The van der Waals surface area contributed by atoms with Gasteiger partial charge >= 0.3 is 11.9 Å². The Labute approximate surface area is 761 Å². The van der Waals surface area contributed by atoms with E-state index >= 15 is 28.8 Å². The minimum absolute atomic E-state index is 0.0206. The molecule has 3 aliphatic rings. The Bertz CT molecular complexity index is 5180. The van der Waals surface area contributed by atoms with Gasteiger partial charge in [0.25, 0.3) is 0 Å². The van der Waals surface area contributed by atoms with Gasteiger partial charge in [-0.05, 0) is 103 Å². The second-order valence-corrected chi connectivity index (χ2v) is 34.1. The zero-order valence-electron chi connectivity index (χ0n) is 73.7. The lowest BCUT2D eigenvalue weighted by molar-refractivity contribution is -0.145. The van der Waals surface area contributed by atoms with Crippen LogP contribution in [0.2, 0.25) is 0 Å². The Morgan fingerprint density at radius 2 is 1.14 bits per heavy atom. The molecular formula is C86H116N22O23S. The first-order valence-corrected chi connectivity index (χ1v) is 44.7. The third-order valence-corrected chi connectivity index (χ3v) is 24.5. The summed E-state index contributed by atoms with van der Waals surface area (Å²) >= 11 is 0.700. The number of phenols is 1. The minimum Gasteiger partial charge on any atom is -0.508 e. The van der Waals surface area contributed by atoms with Gasteiger partial charge in [0.05, 0.1) is 43.5 Å². The van der Waals surface area contributed by atoms with Gasteiger partial charge in [-0.3, -0.25) is 86.3 Å². The Morgan fingerprint density at radius 1 is 0.576 bits per heavy atom. The molecule has 6 aromatic rings. The number of aliphatic carboxylic acids is 2. The Hall–Kier alpha value is -13.5. The van der Waals surface area contributed by atoms with E-state index in [9.17, 15) is 83.1 Å². The molecule has 46 heteroatoms. The SMILES string of the molecule is CCCC[C@H]1C(=O)N[C@@H](CCC(=O)O)C(=O)N[C@H](C(=O)NCC(N)=O)CSCC(=O)N[C@@H](Cc2ccc(O)cc2)C(=O)N(C)[C@@H](C)C(=O)N[C@@H](CC(N)=O)C(=O)N2CCC[C@H]2C(=O)N[C@@H](CN)C(=O)N[C@@H](CCC(=O)O)C(=O)N2C[C@H](O)C[C@H]2C(=O)C[C@@H](Cc2c[nH]c3ccccc23)C(=O)N[C@@H](CO)C(=O)N[C@@H](Cc2c[nH]c3ccccc23)c2nnnn2[C@@H](CCCC)C(=O)N1C.